The van der Waals surface area contributed by atoms with E-state index in [-0.39, 0.29) is 51.2 Å². The largest absolute Gasteiger partial charge is 0.481 e. The van der Waals surface area contributed by atoms with Crippen LogP contribution >= 0.6 is 0 Å². The number of benzene rings is 1. The van der Waals surface area contributed by atoms with Crippen molar-refractivity contribution >= 4 is 46.5 Å². The monoisotopic (exact) mass is 586 g/mol. The molecular weight excluding hydrogens is 548 g/mol. The van der Waals surface area contributed by atoms with Crippen molar-refractivity contribution in [1.29, 1.82) is 0 Å². The highest BCUT2D eigenvalue weighted by molar-refractivity contribution is 5.95. The van der Waals surface area contributed by atoms with Crippen molar-refractivity contribution in [2.24, 2.45) is 22.2 Å². The van der Waals surface area contributed by atoms with Crippen molar-refractivity contribution in [2.45, 2.75) is 69.1 Å². The van der Waals surface area contributed by atoms with Gasteiger partial charge in [0, 0.05) is 36.6 Å². The number of para-hydroxylation sites is 1. The second kappa shape index (κ2) is 14.8. The van der Waals surface area contributed by atoms with E-state index in [1.807, 2.05) is 24.3 Å². The van der Waals surface area contributed by atoms with Crippen molar-refractivity contribution in [2.75, 3.05) is 13.1 Å². The van der Waals surface area contributed by atoms with Gasteiger partial charge in [0.1, 0.15) is 18.1 Å². The van der Waals surface area contributed by atoms with E-state index in [0.29, 0.717) is 6.42 Å². The van der Waals surface area contributed by atoms with Gasteiger partial charge in [-0.3, -0.25) is 24.2 Å². The fourth-order valence-corrected chi connectivity index (χ4v) is 4.97. The Morgan fingerprint density at radius 2 is 1.76 bits per heavy atom. The summed E-state index contributed by atoms with van der Waals surface area (Å²) in [5.74, 6) is -4.57. The molecule has 228 valence electrons. The fraction of sp³-hybridized carbons (Fsp3) is 0.481. The number of aliphatic imine (C=N–C) groups is 1. The van der Waals surface area contributed by atoms with Gasteiger partial charge in [-0.25, -0.2) is 4.79 Å². The lowest BCUT2D eigenvalue weighted by Crippen LogP contribution is -2.57. The van der Waals surface area contributed by atoms with Gasteiger partial charge < -0.3 is 47.9 Å². The molecule has 0 radical (unpaired) electrons. The molecule has 2 heterocycles. The lowest BCUT2D eigenvalue weighted by atomic mass is 10.0. The van der Waals surface area contributed by atoms with Gasteiger partial charge in [-0.05, 0) is 50.2 Å². The smallest absolute Gasteiger partial charge is 0.326 e. The molecule has 15 nitrogen and oxygen atoms in total. The molecule has 2 aromatic rings. The molecule has 1 fully saturated rings. The van der Waals surface area contributed by atoms with E-state index in [1.165, 1.54) is 0 Å². The molecule has 0 bridgehead atoms. The number of fused-ring (bicyclic) bond motifs is 1. The number of nitrogens with one attached hydrogen (secondary N) is 3. The number of nitrogens with two attached hydrogens (primary N) is 3. The predicted molar refractivity (Wildman–Crippen MR) is 153 cm³/mol. The first-order valence-electron chi connectivity index (χ1n) is 13.7. The Hall–Kier alpha value is -4.66. The van der Waals surface area contributed by atoms with Crippen LogP contribution in [-0.2, 0) is 30.4 Å². The van der Waals surface area contributed by atoms with E-state index >= 15 is 0 Å². The summed E-state index contributed by atoms with van der Waals surface area (Å²) in [4.78, 5) is 70.9. The number of amides is 3. The zero-order valence-electron chi connectivity index (χ0n) is 23.1. The summed E-state index contributed by atoms with van der Waals surface area (Å²) in [5, 5.41) is 24.8. The van der Waals surface area contributed by atoms with Crippen LogP contribution in [0.15, 0.2) is 35.5 Å². The normalized spacial score (nSPS) is 16.8. The van der Waals surface area contributed by atoms with Gasteiger partial charge in [-0.1, -0.05) is 18.2 Å². The number of nitrogens with zero attached hydrogens (tertiary/aromatic N) is 2. The van der Waals surface area contributed by atoms with Gasteiger partial charge in [0.15, 0.2) is 5.96 Å². The van der Waals surface area contributed by atoms with E-state index in [4.69, 9.17) is 17.2 Å². The summed E-state index contributed by atoms with van der Waals surface area (Å²) in [6.07, 6.45) is 2.31. The Morgan fingerprint density at radius 1 is 1.05 bits per heavy atom. The minimum Gasteiger partial charge on any atom is -0.481 e. The van der Waals surface area contributed by atoms with Crippen molar-refractivity contribution in [1.82, 2.24) is 20.5 Å². The standard InChI is InChI=1S/C27H38N8O7/c28-17(13-15-14-32-18-6-2-1-5-16(15)18)23(38)33-19(7-3-11-31-27(29)30)24(39)34-20(9-10-22(36)37)25(40)35-12-4-8-21(35)26(41)42/h1-2,5-6,14,17,19-21,32H,3-4,7-13,28H2,(H,33,38)(H,34,39)(H,36,37)(H,41,42)(H4,29,30,31). The van der Waals surface area contributed by atoms with Gasteiger partial charge in [0.05, 0.1) is 6.04 Å². The first kappa shape index (κ1) is 31.9. The molecule has 1 aromatic carbocycles. The maximum absolute atomic E-state index is 13.4. The van der Waals surface area contributed by atoms with Crippen LogP contribution in [0.5, 0.6) is 0 Å². The van der Waals surface area contributed by atoms with Crippen LogP contribution in [0.2, 0.25) is 0 Å². The third-order valence-corrected chi connectivity index (χ3v) is 7.11. The predicted octanol–water partition coefficient (Wildman–Crippen LogP) is -0.999. The molecule has 3 amide bonds. The number of hydrogen-bond acceptors (Lipinski definition) is 7. The first-order valence-corrected chi connectivity index (χ1v) is 13.7. The van der Waals surface area contributed by atoms with Gasteiger partial charge in [0.25, 0.3) is 0 Å². The molecular formula is C27H38N8O7. The number of aromatic nitrogens is 1. The van der Waals surface area contributed by atoms with Gasteiger partial charge in [-0.2, -0.15) is 0 Å². The quantitative estimate of drug-likeness (QED) is 0.0717. The fourth-order valence-electron chi connectivity index (χ4n) is 4.97. The summed E-state index contributed by atoms with van der Waals surface area (Å²) < 4.78 is 0. The number of likely N-dealkylation sites (tertiary alicyclic amines) is 1. The number of rotatable bonds is 15. The number of carbonyl (C=O) groups excluding carboxylic acids is 3. The van der Waals surface area contributed by atoms with Crippen LogP contribution in [0.3, 0.4) is 0 Å². The van der Waals surface area contributed by atoms with Crippen LogP contribution < -0.4 is 27.8 Å². The molecule has 1 aromatic heterocycles. The number of carbonyl (C=O) groups is 5. The van der Waals surface area contributed by atoms with Crippen molar-refractivity contribution in [3.63, 3.8) is 0 Å². The topological polar surface area (TPSA) is 259 Å². The SMILES string of the molecule is NC(N)=NCCCC(NC(=O)C(N)Cc1c[nH]c2ccccc12)C(=O)NC(CCC(=O)O)C(=O)N1CCCC1C(=O)O. The van der Waals surface area contributed by atoms with E-state index in [9.17, 15) is 34.2 Å². The van der Waals surface area contributed by atoms with Crippen molar-refractivity contribution < 1.29 is 34.2 Å². The maximum atomic E-state index is 13.4. The van der Waals surface area contributed by atoms with Crippen molar-refractivity contribution in [3.8, 4) is 0 Å². The molecule has 15 heteroatoms. The molecule has 3 rings (SSSR count). The average Bonchev–Trinajstić information content (AvgIpc) is 3.60. The van der Waals surface area contributed by atoms with E-state index < -0.39 is 60.2 Å². The number of aromatic amines is 1. The van der Waals surface area contributed by atoms with Gasteiger partial charge in [0.2, 0.25) is 17.7 Å². The molecule has 42 heavy (non-hydrogen) atoms. The van der Waals surface area contributed by atoms with Crippen LogP contribution in [-0.4, -0.2) is 93.0 Å². The summed E-state index contributed by atoms with van der Waals surface area (Å²) in [6, 6.07) is 2.98. The molecule has 1 aliphatic rings. The number of hydrogen-bond donors (Lipinski definition) is 8. The minimum atomic E-state index is -1.31. The first-order chi connectivity index (χ1) is 20.0. The molecule has 1 saturated heterocycles. The van der Waals surface area contributed by atoms with E-state index in [1.54, 1.807) is 6.20 Å². The van der Waals surface area contributed by atoms with E-state index in [0.717, 1.165) is 21.4 Å². The lowest BCUT2D eigenvalue weighted by Gasteiger charge is -2.28. The zero-order chi connectivity index (χ0) is 30.8. The van der Waals surface area contributed by atoms with Crippen molar-refractivity contribution in [3.05, 3.63) is 36.0 Å². The zero-order valence-corrected chi connectivity index (χ0v) is 23.1. The second-order valence-electron chi connectivity index (χ2n) is 10.2. The van der Waals surface area contributed by atoms with E-state index in [2.05, 4.69) is 20.6 Å². The summed E-state index contributed by atoms with van der Waals surface area (Å²) in [7, 11) is 0. The average molecular weight is 587 g/mol. The third kappa shape index (κ3) is 8.67. The summed E-state index contributed by atoms with van der Waals surface area (Å²) in [5.41, 5.74) is 18.7. The number of H-pyrrole nitrogens is 1. The summed E-state index contributed by atoms with van der Waals surface area (Å²) >= 11 is 0. The van der Waals surface area contributed by atoms with Crippen LogP contribution in [0.4, 0.5) is 0 Å². The molecule has 1 aliphatic heterocycles. The molecule has 0 spiro atoms. The van der Waals surface area contributed by atoms with Crippen LogP contribution in [0.1, 0.15) is 44.1 Å². The molecule has 4 atom stereocenters. The maximum Gasteiger partial charge on any atom is 0.326 e. The Labute approximate surface area is 241 Å². The number of carboxylic acids is 2. The van der Waals surface area contributed by atoms with Gasteiger partial charge in [-0.15, -0.1) is 0 Å². The minimum absolute atomic E-state index is 0.0788. The Balaban J connectivity index is 1.75. The number of guanidine groups is 1. The highest BCUT2D eigenvalue weighted by Gasteiger charge is 2.38. The Bertz CT molecular complexity index is 1320. The molecule has 11 N–H and O–H groups in total. The lowest BCUT2D eigenvalue weighted by molar-refractivity contribution is -0.150. The number of aliphatic carboxylic acids is 2. The molecule has 0 saturated carbocycles. The van der Waals surface area contributed by atoms with Gasteiger partial charge >= 0.3 is 11.9 Å². The summed E-state index contributed by atoms with van der Waals surface area (Å²) in [6.45, 7) is 0.329. The van der Waals surface area contributed by atoms with Crippen LogP contribution in [0.25, 0.3) is 10.9 Å². The Kier molecular flexibility index (Phi) is 11.2. The van der Waals surface area contributed by atoms with Crippen LogP contribution in [0, 0.1) is 0 Å². The Morgan fingerprint density at radius 3 is 2.45 bits per heavy atom. The highest BCUT2D eigenvalue weighted by atomic mass is 16.4. The second-order valence-corrected chi connectivity index (χ2v) is 10.2. The highest BCUT2D eigenvalue weighted by Crippen LogP contribution is 2.21. The number of carboxylic acid groups (broad SMARTS) is 2. The third-order valence-electron chi connectivity index (χ3n) is 7.11. The molecule has 0 aliphatic carbocycles. The molecule has 4 unspecified atom stereocenters.